The average molecular weight is 396 g/mol. The zero-order chi connectivity index (χ0) is 20.8. The van der Waals surface area contributed by atoms with Crippen molar-refractivity contribution in [1.82, 2.24) is 10.2 Å². The summed E-state index contributed by atoms with van der Waals surface area (Å²) in [5.41, 5.74) is 1.01. The summed E-state index contributed by atoms with van der Waals surface area (Å²) in [6, 6.07) is 8.73. The number of hydrogen-bond acceptors (Lipinski definition) is 4. The third-order valence-electron chi connectivity index (χ3n) is 5.65. The zero-order valence-electron chi connectivity index (χ0n) is 16.7. The molecule has 0 aliphatic carbocycles. The van der Waals surface area contributed by atoms with Crippen molar-refractivity contribution in [2.75, 3.05) is 6.54 Å². The molecule has 1 aromatic carbocycles. The number of ether oxygens (including phenoxy) is 1. The summed E-state index contributed by atoms with van der Waals surface area (Å²) in [5.74, 6) is 0.836. The Morgan fingerprint density at radius 1 is 1.28 bits per heavy atom. The molecule has 154 valence electrons. The third-order valence-corrected chi connectivity index (χ3v) is 5.65. The van der Waals surface area contributed by atoms with E-state index in [-0.39, 0.29) is 18.6 Å². The van der Waals surface area contributed by atoms with Crippen LogP contribution in [0.2, 0.25) is 0 Å². The lowest BCUT2D eigenvalue weighted by Crippen LogP contribution is -2.57. The van der Waals surface area contributed by atoms with Gasteiger partial charge < -0.3 is 15.2 Å². The molecule has 1 fully saturated rings. The number of nitrogens with zero attached hydrogens (tertiary/aromatic N) is 1. The second kappa shape index (κ2) is 9.73. The second-order valence-corrected chi connectivity index (χ2v) is 7.54. The van der Waals surface area contributed by atoms with Crippen molar-refractivity contribution >= 4 is 11.9 Å². The molecule has 1 saturated heterocycles. The standard InChI is InChI=1S/C23H28N2O4/c1-3-5-11-17(22(26)24-15-16-9-7-6-8-10-16)25(14-4-2)21-19-13-12-18(29-19)20(21)23(27)28/h2,6-10,12-13,17-21H,3,5,11,14-15H2,1H3,(H,24,26)(H,27,28)/t17-,18?,19?,20?,21?/m1/s1. The Bertz CT molecular complexity index is 786. The van der Waals surface area contributed by atoms with Gasteiger partial charge in [0.1, 0.15) is 5.92 Å². The van der Waals surface area contributed by atoms with E-state index in [4.69, 9.17) is 11.2 Å². The van der Waals surface area contributed by atoms with Crippen molar-refractivity contribution < 1.29 is 19.4 Å². The van der Waals surface area contributed by atoms with Crippen molar-refractivity contribution in [2.24, 2.45) is 5.92 Å². The Morgan fingerprint density at radius 3 is 2.66 bits per heavy atom. The quantitative estimate of drug-likeness (QED) is 0.468. The molecule has 2 aliphatic rings. The fourth-order valence-electron chi connectivity index (χ4n) is 4.25. The Balaban J connectivity index is 1.81. The van der Waals surface area contributed by atoms with Crippen LogP contribution in [-0.4, -0.2) is 52.7 Å². The predicted molar refractivity (Wildman–Crippen MR) is 110 cm³/mol. The summed E-state index contributed by atoms with van der Waals surface area (Å²) in [4.78, 5) is 26.9. The van der Waals surface area contributed by atoms with Crippen molar-refractivity contribution in [3.63, 3.8) is 0 Å². The number of carbonyl (C=O) groups excluding carboxylic acids is 1. The molecular formula is C23H28N2O4. The van der Waals surface area contributed by atoms with Gasteiger partial charge in [0.2, 0.25) is 5.91 Å². The number of benzene rings is 1. The number of aliphatic carboxylic acids is 1. The fourth-order valence-corrected chi connectivity index (χ4v) is 4.25. The lowest BCUT2D eigenvalue weighted by Gasteiger charge is -2.38. The van der Waals surface area contributed by atoms with Gasteiger partial charge in [0.15, 0.2) is 0 Å². The molecule has 0 aromatic heterocycles. The van der Waals surface area contributed by atoms with Crippen LogP contribution in [0, 0.1) is 18.3 Å². The molecule has 0 radical (unpaired) electrons. The lowest BCUT2D eigenvalue weighted by molar-refractivity contribution is -0.145. The third kappa shape index (κ3) is 4.69. The van der Waals surface area contributed by atoms with E-state index in [1.165, 1.54) is 0 Å². The van der Waals surface area contributed by atoms with Gasteiger partial charge in [-0.05, 0) is 12.0 Å². The van der Waals surface area contributed by atoms with Crippen molar-refractivity contribution in [3.05, 3.63) is 48.0 Å². The predicted octanol–water partition coefficient (Wildman–Crippen LogP) is 2.20. The molecule has 0 saturated carbocycles. The van der Waals surface area contributed by atoms with Crippen LogP contribution in [0.25, 0.3) is 0 Å². The van der Waals surface area contributed by atoms with Gasteiger partial charge in [0.05, 0.1) is 30.8 Å². The van der Waals surface area contributed by atoms with Crippen LogP contribution in [0.3, 0.4) is 0 Å². The first-order valence-electron chi connectivity index (χ1n) is 10.1. The van der Waals surface area contributed by atoms with Gasteiger partial charge in [-0.3, -0.25) is 14.5 Å². The van der Waals surface area contributed by atoms with Crippen molar-refractivity contribution in [2.45, 2.75) is 57.0 Å². The molecule has 5 atom stereocenters. The molecule has 2 heterocycles. The molecule has 29 heavy (non-hydrogen) atoms. The summed E-state index contributed by atoms with van der Waals surface area (Å²) in [5, 5.41) is 12.8. The van der Waals surface area contributed by atoms with E-state index in [0.717, 1.165) is 18.4 Å². The molecule has 0 spiro atoms. The van der Waals surface area contributed by atoms with E-state index in [9.17, 15) is 14.7 Å². The van der Waals surface area contributed by atoms with E-state index < -0.39 is 30.1 Å². The summed E-state index contributed by atoms with van der Waals surface area (Å²) in [6.07, 6.45) is 10.9. The van der Waals surface area contributed by atoms with Crippen LogP contribution in [0.5, 0.6) is 0 Å². The molecular weight excluding hydrogens is 368 g/mol. The van der Waals surface area contributed by atoms with Gasteiger partial charge >= 0.3 is 5.97 Å². The van der Waals surface area contributed by atoms with E-state index in [1.807, 2.05) is 41.3 Å². The van der Waals surface area contributed by atoms with Crippen LogP contribution < -0.4 is 5.32 Å². The fraction of sp³-hybridized carbons (Fsp3) is 0.478. The molecule has 6 heteroatoms. The van der Waals surface area contributed by atoms with E-state index in [2.05, 4.69) is 18.2 Å². The zero-order valence-corrected chi connectivity index (χ0v) is 16.7. The maximum absolute atomic E-state index is 13.2. The smallest absolute Gasteiger partial charge is 0.311 e. The van der Waals surface area contributed by atoms with Gasteiger partial charge in [-0.15, -0.1) is 6.42 Å². The van der Waals surface area contributed by atoms with Crippen LogP contribution >= 0.6 is 0 Å². The molecule has 2 aliphatic heterocycles. The molecule has 2 N–H and O–H groups in total. The number of nitrogens with one attached hydrogen (secondary N) is 1. The first-order chi connectivity index (χ1) is 14.1. The SMILES string of the molecule is C#CCN(C1C2C=CC(O2)C1C(=O)O)[C@H](CCCC)C(=O)NCc1ccccc1. The highest BCUT2D eigenvalue weighted by Crippen LogP contribution is 2.38. The van der Waals surface area contributed by atoms with E-state index in [1.54, 1.807) is 6.08 Å². The highest BCUT2D eigenvalue weighted by atomic mass is 16.5. The number of fused-ring (bicyclic) bond motifs is 2. The molecule has 2 bridgehead atoms. The number of carbonyl (C=O) groups is 2. The summed E-state index contributed by atoms with van der Waals surface area (Å²) in [7, 11) is 0. The van der Waals surface area contributed by atoms with E-state index in [0.29, 0.717) is 13.0 Å². The van der Waals surface area contributed by atoms with Crippen LogP contribution in [0.4, 0.5) is 0 Å². The summed E-state index contributed by atoms with van der Waals surface area (Å²) in [6.45, 7) is 2.68. The number of unbranched alkanes of at least 4 members (excludes halogenated alkanes) is 1. The van der Waals surface area contributed by atoms with Crippen molar-refractivity contribution in [1.29, 1.82) is 0 Å². The van der Waals surface area contributed by atoms with Gasteiger partial charge in [0.25, 0.3) is 0 Å². The highest BCUT2D eigenvalue weighted by molar-refractivity contribution is 5.82. The number of terminal acetylenes is 1. The number of hydrogen-bond donors (Lipinski definition) is 2. The Kier molecular flexibility index (Phi) is 7.08. The van der Waals surface area contributed by atoms with Crippen LogP contribution in [0.1, 0.15) is 31.7 Å². The Morgan fingerprint density at radius 2 is 2.00 bits per heavy atom. The first-order valence-corrected chi connectivity index (χ1v) is 10.1. The lowest BCUT2D eigenvalue weighted by atomic mass is 9.86. The minimum absolute atomic E-state index is 0.131. The largest absolute Gasteiger partial charge is 0.481 e. The minimum atomic E-state index is -0.923. The number of rotatable bonds is 10. The maximum atomic E-state index is 13.2. The highest BCUT2D eigenvalue weighted by Gasteiger charge is 2.53. The van der Waals surface area contributed by atoms with Gasteiger partial charge in [-0.1, -0.05) is 68.2 Å². The summed E-state index contributed by atoms with van der Waals surface area (Å²) >= 11 is 0. The normalized spacial score (nSPS) is 25.7. The molecule has 1 amide bonds. The summed E-state index contributed by atoms with van der Waals surface area (Å²) < 4.78 is 5.82. The molecule has 4 unspecified atom stereocenters. The molecule has 3 rings (SSSR count). The number of carboxylic acid groups (broad SMARTS) is 1. The monoisotopic (exact) mass is 396 g/mol. The molecule has 1 aromatic rings. The van der Waals surface area contributed by atoms with Gasteiger partial charge in [-0.2, -0.15) is 0 Å². The van der Waals surface area contributed by atoms with Crippen molar-refractivity contribution in [3.8, 4) is 12.3 Å². The van der Waals surface area contributed by atoms with E-state index >= 15 is 0 Å². The van der Waals surface area contributed by atoms with Crippen LogP contribution in [-0.2, 0) is 20.9 Å². The average Bonchev–Trinajstić information content (AvgIpc) is 3.34. The maximum Gasteiger partial charge on any atom is 0.311 e. The van der Waals surface area contributed by atoms with Gasteiger partial charge in [-0.25, -0.2) is 0 Å². The minimum Gasteiger partial charge on any atom is -0.481 e. The second-order valence-electron chi connectivity index (χ2n) is 7.54. The van der Waals surface area contributed by atoms with Crippen LogP contribution in [0.15, 0.2) is 42.5 Å². The number of amides is 1. The van der Waals surface area contributed by atoms with Gasteiger partial charge in [0, 0.05) is 6.54 Å². The number of carboxylic acids is 1. The first kappa shape index (κ1) is 21.1. The molecule has 6 nitrogen and oxygen atoms in total. The Hall–Kier alpha value is -2.62. The topological polar surface area (TPSA) is 78.9 Å². The Labute approximate surface area is 171 Å².